The van der Waals surface area contributed by atoms with Crippen LogP contribution in [-0.2, 0) is 6.54 Å². The summed E-state index contributed by atoms with van der Waals surface area (Å²) in [6.07, 6.45) is 0. The van der Waals surface area contributed by atoms with E-state index in [1.54, 1.807) is 16.2 Å². The van der Waals surface area contributed by atoms with Gasteiger partial charge in [-0.05, 0) is 18.2 Å². The van der Waals surface area contributed by atoms with Crippen LogP contribution in [0.5, 0.6) is 0 Å². The summed E-state index contributed by atoms with van der Waals surface area (Å²) in [5.74, 6) is -0.143. The summed E-state index contributed by atoms with van der Waals surface area (Å²) in [6, 6.07) is 6.72. The maximum absolute atomic E-state index is 12.3. The number of carbonyl (C=O) groups is 1. The van der Waals surface area contributed by atoms with Gasteiger partial charge in [-0.1, -0.05) is 11.6 Å². The summed E-state index contributed by atoms with van der Waals surface area (Å²) >= 11 is 7.52. The lowest BCUT2D eigenvalue weighted by Crippen LogP contribution is -2.48. The first-order valence-corrected chi connectivity index (χ1v) is 8.13. The van der Waals surface area contributed by atoms with Gasteiger partial charge in [0.2, 0.25) is 0 Å². The van der Waals surface area contributed by atoms with Gasteiger partial charge in [0.05, 0.1) is 4.34 Å². The van der Waals surface area contributed by atoms with Crippen LogP contribution in [0.2, 0.25) is 4.34 Å². The number of piperazine rings is 1. The molecule has 0 bridgehead atoms. The van der Waals surface area contributed by atoms with E-state index in [0.29, 0.717) is 13.1 Å². The van der Waals surface area contributed by atoms with Crippen LogP contribution in [0.25, 0.3) is 0 Å². The smallest absolute Gasteiger partial charge is 0.274 e. The number of nitrogens with zero attached hydrogens (tertiary/aromatic N) is 3. The van der Waals surface area contributed by atoms with Gasteiger partial charge in [-0.15, -0.1) is 11.3 Å². The molecule has 0 radical (unpaired) electrons. The molecule has 3 rings (SSSR count). The Morgan fingerprint density at radius 3 is 2.59 bits per heavy atom. The minimum atomic E-state index is -0.309. The Kier molecular flexibility index (Phi) is 4.56. The fourth-order valence-corrected chi connectivity index (χ4v) is 3.52. The lowest BCUT2D eigenvalue weighted by atomic mass is 10.2. The topological polar surface area (TPSA) is 69.3 Å². The van der Waals surface area contributed by atoms with Crippen LogP contribution in [0.3, 0.4) is 0 Å². The van der Waals surface area contributed by atoms with Gasteiger partial charge in [-0.25, -0.2) is 5.10 Å². The van der Waals surface area contributed by atoms with Crippen molar-refractivity contribution in [1.82, 2.24) is 20.0 Å². The number of hydrogen-bond acceptors (Lipinski definition) is 5. The molecule has 2 aromatic heterocycles. The Morgan fingerprint density at radius 1 is 1.23 bits per heavy atom. The monoisotopic (exact) mass is 338 g/mol. The van der Waals surface area contributed by atoms with Gasteiger partial charge >= 0.3 is 0 Å². The average Bonchev–Trinajstić information content (AvgIpc) is 2.93. The molecule has 2 aromatic rings. The Bertz CT molecular complexity index is 701. The number of aromatic amines is 1. The number of H-pyrrole nitrogens is 1. The molecule has 0 aliphatic carbocycles. The van der Waals surface area contributed by atoms with Crippen molar-refractivity contribution in [1.29, 1.82) is 0 Å². The standard InChI is InChI=1S/C14H15ClN4O2S/c15-12-3-1-10(22-12)9-18-5-7-19(8-6-18)14(21)11-2-4-13(20)17-16-11/h1-4H,5-9H2,(H,17,20). The number of hydrogen-bond donors (Lipinski definition) is 1. The van der Waals surface area contributed by atoms with Gasteiger partial charge < -0.3 is 4.90 Å². The molecule has 1 amide bonds. The fourth-order valence-electron chi connectivity index (χ4n) is 2.39. The molecule has 1 aliphatic rings. The van der Waals surface area contributed by atoms with Crippen molar-refractivity contribution in [2.75, 3.05) is 26.2 Å². The van der Waals surface area contributed by atoms with E-state index in [0.717, 1.165) is 24.0 Å². The number of rotatable bonds is 3. The van der Waals surface area contributed by atoms with E-state index < -0.39 is 0 Å². The van der Waals surface area contributed by atoms with Gasteiger partial charge in [0.15, 0.2) is 0 Å². The highest BCUT2D eigenvalue weighted by Crippen LogP contribution is 2.23. The lowest BCUT2D eigenvalue weighted by Gasteiger charge is -2.34. The molecule has 0 atom stereocenters. The zero-order valence-corrected chi connectivity index (χ0v) is 13.4. The lowest BCUT2D eigenvalue weighted by molar-refractivity contribution is 0.0622. The van der Waals surface area contributed by atoms with E-state index in [9.17, 15) is 9.59 Å². The molecule has 1 saturated heterocycles. The summed E-state index contributed by atoms with van der Waals surface area (Å²) < 4.78 is 0.799. The van der Waals surface area contributed by atoms with Crippen molar-refractivity contribution in [2.45, 2.75) is 6.54 Å². The normalized spacial score (nSPS) is 16.0. The number of amides is 1. The average molecular weight is 339 g/mol. The first-order chi connectivity index (χ1) is 10.6. The van der Waals surface area contributed by atoms with Crippen molar-refractivity contribution < 1.29 is 4.79 Å². The molecular formula is C14H15ClN4O2S. The number of nitrogens with one attached hydrogen (secondary N) is 1. The molecule has 116 valence electrons. The zero-order chi connectivity index (χ0) is 15.5. The third kappa shape index (κ3) is 3.55. The molecule has 22 heavy (non-hydrogen) atoms. The van der Waals surface area contributed by atoms with E-state index in [-0.39, 0.29) is 17.2 Å². The van der Waals surface area contributed by atoms with E-state index >= 15 is 0 Å². The van der Waals surface area contributed by atoms with Gasteiger partial charge in [-0.3, -0.25) is 14.5 Å². The van der Waals surface area contributed by atoms with Gasteiger partial charge in [0, 0.05) is 43.7 Å². The van der Waals surface area contributed by atoms with Crippen LogP contribution < -0.4 is 5.56 Å². The van der Waals surface area contributed by atoms with E-state index in [1.807, 2.05) is 12.1 Å². The second-order valence-electron chi connectivity index (χ2n) is 5.08. The van der Waals surface area contributed by atoms with E-state index in [2.05, 4.69) is 15.1 Å². The first kappa shape index (κ1) is 15.2. The maximum Gasteiger partial charge on any atom is 0.274 e. The molecule has 0 aromatic carbocycles. The Morgan fingerprint density at radius 2 is 2.00 bits per heavy atom. The van der Waals surface area contributed by atoms with Gasteiger partial charge in [-0.2, -0.15) is 5.10 Å². The molecule has 1 fully saturated rings. The summed E-state index contributed by atoms with van der Waals surface area (Å²) in [5.41, 5.74) is -0.0333. The summed E-state index contributed by atoms with van der Waals surface area (Å²) in [5, 5.41) is 6.08. The molecule has 1 N–H and O–H groups in total. The molecule has 3 heterocycles. The quantitative estimate of drug-likeness (QED) is 0.919. The molecule has 8 heteroatoms. The Labute approximate surface area is 136 Å². The Hall–Kier alpha value is -1.70. The van der Waals surface area contributed by atoms with Crippen molar-refractivity contribution in [3.8, 4) is 0 Å². The minimum Gasteiger partial charge on any atom is -0.335 e. The third-order valence-corrected chi connectivity index (χ3v) is 4.78. The van der Waals surface area contributed by atoms with Crippen LogP contribution in [0.4, 0.5) is 0 Å². The van der Waals surface area contributed by atoms with Crippen molar-refractivity contribution >= 4 is 28.8 Å². The second-order valence-corrected chi connectivity index (χ2v) is 6.88. The number of halogens is 1. The SMILES string of the molecule is O=C(c1ccc(=O)[nH]n1)N1CCN(Cc2ccc(Cl)s2)CC1. The summed E-state index contributed by atoms with van der Waals surface area (Å²) in [7, 11) is 0. The van der Waals surface area contributed by atoms with Crippen LogP contribution >= 0.6 is 22.9 Å². The minimum absolute atomic E-state index is 0.143. The van der Waals surface area contributed by atoms with Gasteiger partial charge in [0.1, 0.15) is 5.69 Å². The molecule has 6 nitrogen and oxygen atoms in total. The molecule has 0 saturated carbocycles. The van der Waals surface area contributed by atoms with Gasteiger partial charge in [0.25, 0.3) is 11.5 Å². The molecule has 1 aliphatic heterocycles. The van der Waals surface area contributed by atoms with Crippen molar-refractivity contribution in [2.24, 2.45) is 0 Å². The fraction of sp³-hybridized carbons (Fsp3) is 0.357. The molecule has 0 unspecified atom stereocenters. The highest BCUT2D eigenvalue weighted by molar-refractivity contribution is 7.16. The molecular weight excluding hydrogens is 324 g/mol. The first-order valence-electron chi connectivity index (χ1n) is 6.93. The number of aromatic nitrogens is 2. The predicted octanol–water partition coefficient (Wildman–Crippen LogP) is 1.44. The predicted molar refractivity (Wildman–Crippen MR) is 85.4 cm³/mol. The Balaban J connectivity index is 1.56. The van der Waals surface area contributed by atoms with E-state index in [1.165, 1.54) is 17.0 Å². The largest absolute Gasteiger partial charge is 0.335 e. The summed E-state index contributed by atoms with van der Waals surface area (Å²) in [6.45, 7) is 3.78. The third-order valence-electron chi connectivity index (χ3n) is 3.57. The van der Waals surface area contributed by atoms with Crippen molar-refractivity contribution in [3.63, 3.8) is 0 Å². The summed E-state index contributed by atoms with van der Waals surface area (Å²) in [4.78, 5) is 28.6. The van der Waals surface area contributed by atoms with Crippen molar-refractivity contribution in [3.05, 3.63) is 49.5 Å². The highest BCUT2D eigenvalue weighted by Gasteiger charge is 2.23. The molecule has 0 spiro atoms. The second kappa shape index (κ2) is 6.60. The van der Waals surface area contributed by atoms with Crippen LogP contribution in [-0.4, -0.2) is 52.1 Å². The maximum atomic E-state index is 12.3. The van der Waals surface area contributed by atoms with Crippen LogP contribution in [0, 0.1) is 0 Å². The van der Waals surface area contributed by atoms with Crippen LogP contribution in [0.15, 0.2) is 29.1 Å². The number of thiophene rings is 1. The van der Waals surface area contributed by atoms with Crippen LogP contribution in [0.1, 0.15) is 15.4 Å². The highest BCUT2D eigenvalue weighted by atomic mass is 35.5. The number of carbonyl (C=O) groups excluding carboxylic acids is 1. The van der Waals surface area contributed by atoms with E-state index in [4.69, 9.17) is 11.6 Å². The zero-order valence-electron chi connectivity index (χ0n) is 11.8.